The van der Waals surface area contributed by atoms with E-state index in [2.05, 4.69) is 15.6 Å². The van der Waals surface area contributed by atoms with Crippen LogP contribution in [0.5, 0.6) is 0 Å². The maximum atomic E-state index is 12.7. The second-order valence-corrected chi connectivity index (χ2v) is 8.60. The van der Waals surface area contributed by atoms with Gasteiger partial charge in [-0.1, -0.05) is 24.2 Å². The molecule has 2 heterocycles. The zero-order chi connectivity index (χ0) is 21.3. The Bertz CT molecular complexity index is 937. The SMILES string of the molecule is O=C(Nc1nc2c(s1)CN(C(=O)c1ccc(C(F)(F)F)cc1)CC2)NC1CCCC1. The van der Waals surface area contributed by atoms with Gasteiger partial charge in [0.15, 0.2) is 5.13 Å². The molecule has 1 aliphatic carbocycles. The minimum absolute atomic E-state index is 0.205. The summed E-state index contributed by atoms with van der Waals surface area (Å²) in [5.74, 6) is -0.323. The van der Waals surface area contributed by atoms with Crippen molar-refractivity contribution >= 4 is 28.4 Å². The van der Waals surface area contributed by atoms with Crippen molar-refractivity contribution in [2.75, 3.05) is 11.9 Å². The van der Waals surface area contributed by atoms with Gasteiger partial charge in [-0.05, 0) is 37.1 Å². The van der Waals surface area contributed by atoms with Gasteiger partial charge < -0.3 is 10.2 Å². The summed E-state index contributed by atoms with van der Waals surface area (Å²) >= 11 is 1.32. The summed E-state index contributed by atoms with van der Waals surface area (Å²) in [6.45, 7) is 0.739. The van der Waals surface area contributed by atoms with Crippen molar-refractivity contribution in [3.63, 3.8) is 0 Å². The molecule has 1 aliphatic heterocycles. The maximum absolute atomic E-state index is 12.7. The number of amides is 3. The van der Waals surface area contributed by atoms with Gasteiger partial charge in [0.1, 0.15) is 0 Å². The molecule has 6 nitrogen and oxygen atoms in total. The first-order valence-corrected chi connectivity index (χ1v) is 10.6. The summed E-state index contributed by atoms with van der Waals surface area (Å²) in [5.41, 5.74) is 0.270. The average molecular weight is 438 g/mol. The molecule has 2 N–H and O–H groups in total. The van der Waals surface area contributed by atoms with E-state index in [9.17, 15) is 22.8 Å². The first-order valence-electron chi connectivity index (χ1n) is 9.82. The zero-order valence-corrected chi connectivity index (χ0v) is 16.9. The van der Waals surface area contributed by atoms with Gasteiger partial charge in [-0.3, -0.25) is 10.1 Å². The van der Waals surface area contributed by atoms with Crippen molar-refractivity contribution in [2.24, 2.45) is 0 Å². The molecular weight excluding hydrogens is 417 g/mol. The van der Waals surface area contributed by atoms with E-state index >= 15 is 0 Å². The van der Waals surface area contributed by atoms with Gasteiger partial charge in [0, 0.05) is 29.4 Å². The highest BCUT2D eigenvalue weighted by molar-refractivity contribution is 7.15. The molecule has 0 unspecified atom stereocenters. The molecule has 2 aromatic rings. The van der Waals surface area contributed by atoms with Crippen molar-refractivity contribution in [2.45, 2.75) is 50.9 Å². The molecule has 1 aromatic heterocycles. The lowest BCUT2D eigenvalue weighted by atomic mass is 10.1. The topological polar surface area (TPSA) is 74.3 Å². The highest BCUT2D eigenvalue weighted by atomic mass is 32.1. The average Bonchev–Trinajstić information content (AvgIpc) is 3.35. The molecule has 160 valence electrons. The van der Waals surface area contributed by atoms with Gasteiger partial charge in [0.05, 0.1) is 17.8 Å². The molecule has 4 rings (SSSR count). The lowest BCUT2D eigenvalue weighted by Gasteiger charge is -2.26. The number of halogens is 3. The Morgan fingerprint density at radius 2 is 1.83 bits per heavy atom. The molecule has 1 aromatic carbocycles. The number of rotatable bonds is 3. The smallest absolute Gasteiger partial charge is 0.335 e. The molecule has 1 fully saturated rings. The van der Waals surface area contributed by atoms with Gasteiger partial charge in [-0.2, -0.15) is 13.2 Å². The number of anilines is 1. The number of fused-ring (bicyclic) bond motifs is 1. The summed E-state index contributed by atoms with van der Waals surface area (Å²) in [7, 11) is 0. The molecule has 0 bridgehead atoms. The lowest BCUT2D eigenvalue weighted by molar-refractivity contribution is -0.137. The monoisotopic (exact) mass is 438 g/mol. The van der Waals surface area contributed by atoms with Crippen LogP contribution in [0.25, 0.3) is 0 Å². The normalized spacial score (nSPS) is 17.0. The number of aromatic nitrogens is 1. The van der Waals surface area contributed by atoms with Crippen LogP contribution in [0, 0.1) is 0 Å². The van der Waals surface area contributed by atoms with Crippen LogP contribution in [0.3, 0.4) is 0 Å². The van der Waals surface area contributed by atoms with E-state index in [0.717, 1.165) is 48.4 Å². The summed E-state index contributed by atoms with van der Waals surface area (Å²) in [5, 5.41) is 6.20. The highest BCUT2D eigenvalue weighted by Crippen LogP contribution is 2.31. The molecule has 0 spiro atoms. The van der Waals surface area contributed by atoms with E-state index in [1.807, 2.05) is 0 Å². The van der Waals surface area contributed by atoms with Gasteiger partial charge in [0.25, 0.3) is 5.91 Å². The van der Waals surface area contributed by atoms with Gasteiger partial charge in [-0.25, -0.2) is 9.78 Å². The largest absolute Gasteiger partial charge is 0.416 e. The Morgan fingerprint density at radius 3 is 2.50 bits per heavy atom. The van der Waals surface area contributed by atoms with Crippen molar-refractivity contribution in [3.8, 4) is 0 Å². The van der Waals surface area contributed by atoms with E-state index in [1.165, 1.54) is 23.5 Å². The fourth-order valence-corrected chi connectivity index (χ4v) is 4.81. The fourth-order valence-electron chi connectivity index (χ4n) is 3.80. The van der Waals surface area contributed by atoms with E-state index in [4.69, 9.17) is 0 Å². The third-order valence-electron chi connectivity index (χ3n) is 5.39. The second kappa shape index (κ2) is 8.25. The minimum Gasteiger partial charge on any atom is -0.335 e. The van der Waals surface area contributed by atoms with Crippen LogP contribution in [0.15, 0.2) is 24.3 Å². The molecule has 0 atom stereocenters. The second-order valence-electron chi connectivity index (χ2n) is 7.52. The van der Waals surface area contributed by atoms with Crippen molar-refractivity contribution in [3.05, 3.63) is 46.0 Å². The van der Waals surface area contributed by atoms with Crippen molar-refractivity contribution < 1.29 is 22.8 Å². The molecule has 10 heteroatoms. The van der Waals surface area contributed by atoms with Crippen molar-refractivity contribution in [1.29, 1.82) is 0 Å². The first kappa shape index (κ1) is 20.6. The Balaban J connectivity index is 1.38. The summed E-state index contributed by atoms with van der Waals surface area (Å²) in [6.07, 6.45) is 0.325. The van der Waals surface area contributed by atoms with Gasteiger partial charge in [-0.15, -0.1) is 0 Å². The number of nitrogens with one attached hydrogen (secondary N) is 2. The summed E-state index contributed by atoms with van der Waals surface area (Å²) in [4.78, 5) is 31.7. The van der Waals surface area contributed by atoms with Crippen LogP contribution in [-0.4, -0.2) is 34.4 Å². The number of carbonyl (C=O) groups is 2. The molecular formula is C20H21F3N4O2S. The van der Waals surface area contributed by atoms with E-state index < -0.39 is 11.7 Å². The molecule has 3 amide bonds. The Morgan fingerprint density at radius 1 is 1.13 bits per heavy atom. The minimum atomic E-state index is -4.43. The Hall–Kier alpha value is -2.62. The number of alkyl halides is 3. The highest BCUT2D eigenvalue weighted by Gasteiger charge is 2.31. The Kier molecular flexibility index (Phi) is 5.68. The fraction of sp³-hybridized carbons (Fsp3) is 0.450. The van der Waals surface area contributed by atoms with E-state index in [1.54, 1.807) is 4.90 Å². The molecule has 2 aliphatic rings. The van der Waals surface area contributed by atoms with Crippen LogP contribution in [-0.2, 0) is 19.1 Å². The number of benzene rings is 1. The van der Waals surface area contributed by atoms with Crippen LogP contribution in [0.2, 0.25) is 0 Å². The molecule has 1 saturated carbocycles. The number of hydrogen-bond acceptors (Lipinski definition) is 4. The van der Waals surface area contributed by atoms with Crippen molar-refractivity contribution in [1.82, 2.24) is 15.2 Å². The van der Waals surface area contributed by atoms with Crippen LogP contribution >= 0.6 is 11.3 Å². The van der Waals surface area contributed by atoms with E-state index in [0.29, 0.717) is 24.6 Å². The summed E-state index contributed by atoms with van der Waals surface area (Å²) in [6, 6.07) is 4.17. The first-order chi connectivity index (χ1) is 14.3. The van der Waals surface area contributed by atoms with E-state index in [-0.39, 0.29) is 23.5 Å². The van der Waals surface area contributed by atoms with Crippen LogP contribution < -0.4 is 10.6 Å². The zero-order valence-electron chi connectivity index (χ0n) is 16.1. The number of nitrogens with zero attached hydrogens (tertiary/aromatic N) is 2. The standard InChI is InChI=1S/C20H21F3N4O2S/c21-20(22,23)13-7-5-12(6-8-13)17(28)27-10-9-15-16(11-27)30-19(25-15)26-18(29)24-14-3-1-2-4-14/h5-8,14H,1-4,9-11H2,(H2,24,25,26,29). The Labute approximate surface area is 175 Å². The summed E-state index contributed by atoms with van der Waals surface area (Å²) < 4.78 is 38.1. The quantitative estimate of drug-likeness (QED) is 0.745. The maximum Gasteiger partial charge on any atom is 0.416 e. The number of urea groups is 1. The predicted molar refractivity (Wildman–Crippen MR) is 106 cm³/mol. The van der Waals surface area contributed by atoms with Crippen LogP contribution in [0.1, 0.15) is 52.2 Å². The third-order valence-corrected chi connectivity index (χ3v) is 6.39. The molecule has 30 heavy (non-hydrogen) atoms. The molecule has 0 saturated heterocycles. The number of carbonyl (C=O) groups excluding carboxylic acids is 2. The predicted octanol–water partition coefficient (Wildman–Crippen LogP) is 4.42. The van der Waals surface area contributed by atoms with Crippen LogP contribution in [0.4, 0.5) is 23.1 Å². The van der Waals surface area contributed by atoms with Gasteiger partial charge >= 0.3 is 12.2 Å². The third kappa shape index (κ3) is 4.58. The number of thiazole rings is 1. The van der Waals surface area contributed by atoms with Gasteiger partial charge in [0.2, 0.25) is 0 Å². The lowest BCUT2D eigenvalue weighted by Crippen LogP contribution is -2.36. The number of hydrogen-bond donors (Lipinski definition) is 2. The molecule has 0 radical (unpaired) electrons.